The first-order valence-electron chi connectivity index (χ1n) is 6.25. The van der Waals surface area contributed by atoms with E-state index in [4.69, 9.17) is 0 Å². The van der Waals surface area contributed by atoms with Crippen LogP contribution >= 0.6 is 23.1 Å². The third-order valence-corrected chi connectivity index (χ3v) is 5.06. The lowest BCUT2D eigenvalue weighted by Gasteiger charge is -2.31. The van der Waals surface area contributed by atoms with Crippen LogP contribution in [0.25, 0.3) is 0 Å². The van der Waals surface area contributed by atoms with E-state index in [-0.39, 0.29) is 5.91 Å². The Balaban J connectivity index is 2.12. The van der Waals surface area contributed by atoms with Crippen LogP contribution in [0.15, 0.2) is 17.5 Å². The highest BCUT2D eigenvalue weighted by Crippen LogP contribution is 2.21. The smallest absolute Gasteiger partial charge is 0.264 e. The molecule has 0 aliphatic carbocycles. The molecule has 1 unspecified atom stereocenters. The van der Waals surface area contributed by atoms with Gasteiger partial charge >= 0.3 is 0 Å². The Morgan fingerprint density at radius 3 is 3.06 bits per heavy atom. The fourth-order valence-corrected chi connectivity index (χ4v) is 3.95. The van der Waals surface area contributed by atoms with Crippen molar-refractivity contribution in [2.45, 2.75) is 12.5 Å². The standard InChI is InChI=1S/C13H20N2OS2/c1-14(2)9-11-10-17-7-4-6-15(11)13(16)12-5-3-8-18-12/h3,5,8,11H,4,6-7,9-10H2,1-2H3. The quantitative estimate of drug-likeness (QED) is 0.850. The number of amides is 1. The van der Waals surface area contributed by atoms with E-state index in [1.54, 1.807) is 11.3 Å². The molecule has 100 valence electrons. The third kappa shape index (κ3) is 3.49. The van der Waals surface area contributed by atoms with Crippen LogP contribution in [0, 0.1) is 0 Å². The highest BCUT2D eigenvalue weighted by molar-refractivity contribution is 7.99. The van der Waals surface area contributed by atoms with Gasteiger partial charge in [0.15, 0.2) is 0 Å². The minimum Gasteiger partial charge on any atom is -0.333 e. The van der Waals surface area contributed by atoms with E-state index in [1.165, 1.54) is 0 Å². The van der Waals surface area contributed by atoms with Gasteiger partial charge in [0.2, 0.25) is 0 Å². The van der Waals surface area contributed by atoms with E-state index in [2.05, 4.69) is 23.9 Å². The average molecular weight is 284 g/mol. The Morgan fingerprint density at radius 2 is 2.39 bits per heavy atom. The molecule has 1 saturated heterocycles. The summed E-state index contributed by atoms with van der Waals surface area (Å²) < 4.78 is 0. The summed E-state index contributed by atoms with van der Waals surface area (Å²) in [7, 11) is 4.15. The maximum absolute atomic E-state index is 12.5. The van der Waals surface area contributed by atoms with Crippen LogP contribution in [0.1, 0.15) is 16.1 Å². The number of carbonyl (C=O) groups excluding carboxylic acids is 1. The fraction of sp³-hybridized carbons (Fsp3) is 0.615. The molecule has 18 heavy (non-hydrogen) atoms. The molecule has 1 fully saturated rings. The van der Waals surface area contributed by atoms with Crippen LogP contribution in [0.4, 0.5) is 0 Å². The number of hydrogen-bond donors (Lipinski definition) is 0. The topological polar surface area (TPSA) is 23.6 Å². The van der Waals surface area contributed by atoms with Crippen molar-refractivity contribution in [3.05, 3.63) is 22.4 Å². The Labute approximate surface area is 117 Å². The highest BCUT2D eigenvalue weighted by Gasteiger charge is 2.27. The molecule has 0 spiro atoms. The molecule has 0 saturated carbocycles. The zero-order valence-corrected chi connectivity index (χ0v) is 12.6. The second-order valence-electron chi connectivity index (χ2n) is 4.82. The Morgan fingerprint density at radius 1 is 1.56 bits per heavy atom. The molecule has 3 nitrogen and oxygen atoms in total. The number of likely N-dealkylation sites (N-methyl/N-ethyl adjacent to an activating group) is 1. The zero-order valence-electron chi connectivity index (χ0n) is 11.0. The van der Waals surface area contributed by atoms with Crippen molar-refractivity contribution in [3.63, 3.8) is 0 Å². The van der Waals surface area contributed by atoms with Crippen LogP contribution < -0.4 is 0 Å². The molecule has 1 aromatic heterocycles. The van der Waals surface area contributed by atoms with Crippen LogP contribution in [-0.2, 0) is 0 Å². The molecule has 1 aliphatic heterocycles. The van der Waals surface area contributed by atoms with E-state index >= 15 is 0 Å². The normalized spacial score (nSPS) is 21.1. The van der Waals surface area contributed by atoms with Crippen molar-refractivity contribution in [2.75, 3.05) is 38.7 Å². The van der Waals surface area contributed by atoms with E-state index in [9.17, 15) is 4.79 Å². The first-order valence-corrected chi connectivity index (χ1v) is 8.29. The first kappa shape index (κ1) is 13.9. The summed E-state index contributed by atoms with van der Waals surface area (Å²) >= 11 is 3.51. The molecular weight excluding hydrogens is 264 g/mol. The Kier molecular flexibility index (Phi) is 5.09. The molecule has 1 aliphatic rings. The molecular formula is C13H20N2OS2. The van der Waals surface area contributed by atoms with Crippen molar-refractivity contribution < 1.29 is 4.79 Å². The maximum Gasteiger partial charge on any atom is 0.264 e. The number of thiophene rings is 1. The Bertz CT molecular complexity index is 378. The molecule has 1 atom stereocenters. The van der Waals surface area contributed by atoms with Crippen LogP contribution in [0.2, 0.25) is 0 Å². The SMILES string of the molecule is CN(C)CC1CSCCCN1C(=O)c1cccs1. The summed E-state index contributed by atoms with van der Waals surface area (Å²) in [6, 6.07) is 4.21. The van der Waals surface area contributed by atoms with Gasteiger partial charge in [-0.3, -0.25) is 4.79 Å². The highest BCUT2D eigenvalue weighted by atomic mass is 32.2. The molecule has 0 N–H and O–H groups in total. The van der Waals surface area contributed by atoms with Gasteiger partial charge in [0.1, 0.15) is 0 Å². The average Bonchev–Trinajstić information content (AvgIpc) is 2.76. The second kappa shape index (κ2) is 6.59. The number of rotatable bonds is 3. The lowest BCUT2D eigenvalue weighted by atomic mass is 10.2. The van der Waals surface area contributed by atoms with E-state index in [0.29, 0.717) is 6.04 Å². The number of carbonyl (C=O) groups is 1. The van der Waals surface area contributed by atoms with Gasteiger partial charge in [0, 0.05) is 18.8 Å². The van der Waals surface area contributed by atoms with E-state index in [0.717, 1.165) is 35.9 Å². The van der Waals surface area contributed by atoms with Crippen molar-refractivity contribution in [2.24, 2.45) is 0 Å². The van der Waals surface area contributed by atoms with Crippen molar-refractivity contribution >= 4 is 29.0 Å². The van der Waals surface area contributed by atoms with Gasteiger partial charge in [-0.05, 0) is 37.7 Å². The second-order valence-corrected chi connectivity index (χ2v) is 6.92. The molecule has 0 aromatic carbocycles. The van der Waals surface area contributed by atoms with Crippen molar-refractivity contribution in [1.29, 1.82) is 0 Å². The van der Waals surface area contributed by atoms with Gasteiger partial charge in [-0.2, -0.15) is 11.8 Å². The summed E-state index contributed by atoms with van der Waals surface area (Å²) in [5.74, 6) is 2.42. The number of nitrogens with zero attached hydrogens (tertiary/aromatic N) is 2. The summed E-state index contributed by atoms with van der Waals surface area (Å²) in [6.45, 7) is 1.84. The zero-order chi connectivity index (χ0) is 13.0. The van der Waals surface area contributed by atoms with Gasteiger partial charge in [0.25, 0.3) is 5.91 Å². The third-order valence-electron chi connectivity index (χ3n) is 3.01. The summed E-state index contributed by atoms with van der Waals surface area (Å²) in [5, 5.41) is 1.97. The van der Waals surface area contributed by atoms with Crippen molar-refractivity contribution in [3.8, 4) is 0 Å². The van der Waals surface area contributed by atoms with Gasteiger partial charge < -0.3 is 9.80 Å². The van der Waals surface area contributed by atoms with Crippen molar-refractivity contribution in [1.82, 2.24) is 9.80 Å². The lowest BCUT2D eigenvalue weighted by Crippen LogP contribution is -2.46. The molecule has 1 aromatic rings. The summed E-state index contributed by atoms with van der Waals surface area (Å²) in [4.78, 5) is 17.6. The predicted molar refractivity (Wildman–Crippen MR) is 79.6 cm³/mol. The summed E-state index contributed by atoms with van der Waals surface area (Å²) in [6.07, 6.45) is 1.10. The summed E-state index contributed by atoms with van der Waals surface area (Å²) in [5.41, 5.74) is 0. The van der Waals surface area contributed by atoms with Crippen LogP contribution in [0.5, 0.6) is 0 Å². The van der Waals surface area contributed by atoms with Crippen LogP contribution in [0.3, 0.4) is 0 Å². The fourth-order valence-electron chi connectivity index (χ4n) is 2.21. The van der Waals surface area contributed by atoms with Gasteiger partial charge in [0.05, 0.1) is 10.9 Å². The molecule has 5 heteroatoms. The molecule has 2 heterocycles. The predicted octanol–water partition coefficient (Wildman–Crippen LogP) is 2.26. The monoisotopic (exact) mass is 284 g/mol. The Hall–Kier alpha value is -0.520. The minimum atomic E-state index is 0.208. The van der Waals surface area contributed by atoms with Gasteiger partial charge in [-0.15, -0.1) is 11.3 Å². The minimum absolute atomic E-state index is 0.208. The van der Waals surface area contributed by atoms with E-state index < -0.39 is 0 Å². The first-order chi connectivity index (χ1) is 8.68. The largest absolute Gasteiger partial charge is 0.333 e. The van der Waals surface area contributed by atoms with Gasteiger partial charge in [-0.1, -0.05) is 6.07 Å². The van der Waals surface area contributed by atoms with Crippen LogP contribution in [-0.4, -0.2) is 60.4 Å². The molecule has 2 rings (SSSR count). The number of hydrogen-bond acceptors (Lipinski definition) is 4. The molecule has 0 bridgehead atoms. The molecule has 0 radical (unpaired) electrons. The van der Waals surface area contributed by atoms with Gasteiger partial charge in [-0.25, -0.2) is 0 Å². The molecule has 1 amide bonds. The maximum atomic E-state index is 12.5. The lowest BCUT2D eigenvalue weighted by molar-refractivity contribution is 0.0680. The van der Waals surface area contributed by atoms with E-state index in [1.807, 2.05) is 29.3 Å². The number of thioether (sulfide) groups is 1.